The van der Waals surface area contributed by atoms with Gasteiger partial charge in [0.25, 0.3) is 0 Å². The fourth-order valence-electron chi connectivity index (χ4n) is 1.10. The van der Waals surface area contributed by atoms with Crippen LogP contribution in [-0.2, 0) is 9.59 Å². The van der Waals surface area contributed by atoms with E-state index >= 15 is 0 Å². The summed E-state index contributed by atoms with van der Waals surface area (Å²) in [7, 11) is 0. The van der Waals surface area contributed by atoms with Gasteiger partial charge in [-0.05, 0) is 25.3 Å². The van der Waals surface area contributed by atoms with Crippen molar-refractivity contribution in [1.29, 1.82) is 0 Å². The van der Waals surface area contributed by atoms with E-state index in [1.807, 2.05) is 6.92 Å². The first-order valence-electron chi connectivity index (χ1n) is 5.24. The van der Waals surface area contributed by atoms with Crippen molar-refractivity contribution in [3.05, 3.63) is 0 Å². The van der Waals surface area contributed by atoms with Gasteiger partial charge in [0.2, 0.25) is 5.91 Å². The largest absolute Gasteiger partial charge is 0.481 e. The van der Waals surface area contributed by atoms with E-state index in [0.29, 0.717) is 32.4 Å². The normalized spacial score (nSPS) is 12.1. The van der Waals surface area contributed by atoms with Gasteiger partial charge in [0.1, 0.15) is 0 Å². The zero-order valence-electron chi connectivity index (χ0n) is 9.16. The summed E-state index contributed by atoms with van der Waals surface area (Å²) in [5.74, 6) is -0.606. The summed E-state index contributed by atoms with van der Waals surface area (Å²) in [6.07, 6.45) is 1.90. The quantitative estimate of drug-likeness (QED) is 0.510. The monoisotopic (exact) mass is 216 g/mol. The second kappa shape index (κ2) is 8.23. The number of carbonyl (C=O) groups excluding carboxylic acids is 1. The minimum Gasteiger partial charge on any atom is -0.481 e. The minimum atomic E-state index is -0.793. The van der Waals surface area contributed by atoms with E-state index in [1.165, 1.54) is 0 Å². The Morgan fingerprint density at radius 1 is 1.40 bits per heavy atom. The molecule has 0 fully saturated rings. The zero-order valence-corrected chi connectivity index (χ0v) is 9.16. The van der Waals surface area contributed by atoms with Gasteiger partial charge in [0.05, 0.1) is 0 Å². The van der Waals surface area contributed by atoms with Crippen molar-refractivity contribution < 1.29 is 14.7 Å². The first-order chi connectivity index (χ1) is 7.06. The van der Waals surface area contributed by atoms with Crippen LogP contribution in [0.25, 0.3) is 0 Å². The predicted molar refractivity (Wildman–Crippen MR) is 57.3 cm³/mol. The lowest BCUT2D eigenvalue weighted by Gasteiger charge is -2.08. The van der Waals surface area contributed by atoms with Crippen LogP contribution < -0.4 is 11.1 Å². The molecule has 0 aromatic carbocycles. The zero-order chi connectivity index (χ0) is 11.7. The summed E-state index contributed by atoms with van der Waals surface area (Å²) in [6, 6.07) is 0. The molecular formula is C10H20N2O3. The molecule has 5 nitrogen and oxygen atoms in total. The number of hydrogen-bond acceptors (Lipinski definition) is 3. The molecule has 0 rings (SSSR count). The van der Waals surface area contributed by atoms with Crippen LogP contribution in [0.2, 0.25) is 0 Å². The highest BCUT2D eigenvalue weighted by Gasteiger charge is 2.06. The molecule has 0 bridgehead atoms. The highest BCUT2D eigenvalue weighted by molar-refractivity contribution is 5.76. The van der Waals surface area contributed by atoms with E-state index in [9.17, 15) is 9.59 Å². The van der Waals surface area contributed by atoms with E-state index < -0.39 is 5.97 Å². The number of amides is 1. The number of aliphatic carboxylic acids is 1. The van der Waals surface area contributed by atoms with Crippen LogP contribution in [0.4, 0.5) is 0 Å². The molecule has 1 unspecified atom stereocenters. The number of carboxylic acid groups (broad SMARTS) is 1. The number of nitrogens with one attached hydrogen (secondary N) is 1. The first-order valence-corrected chi connectivity index (χ1v) is 5.24. The highest BCUT2D eigenvalue weighted by Crippen LogP contribution is 1.98. The van der Waals surface area contributed by atoms with Crippen molar-refractivity contribution >= 4 is 11.9 Å². The molecule has 0 aromatic heterocycles. The smallest absolute Gasteiger partial charge is 0.303 e. The second-order valence-electron chi connectivity index (χ2n) is 3.75. The van der Waals surface area contributed by atoms with Gasteiger partial charge in [-0.15, -0.1) is 0 Å². The van der Waals surface area contributed by atoms with Crippen molar-refractivity contribution in [2.24, 2.45) is 11.7 Å². The molecule has 5 heteroatoms. The second-order valence-corrected chi connectivity index (χ2v) is 3.75. The molecule has 1 amide bonds. The van der Waals surface area contributed by atoms with Crippen LogP contribution in [0.1, 0.15) is 32.6 Å². The lowest BCUT2D eigenvalue weighted by molar-refractivity contribution is -0.137. The molecule has 0 aromatic rings. The van der Waals surface area contributed by atoms with Crippen LogP contribution in [0.3, 0.4) is 0 Å². The average Bonchev–Trinajstić information content (AvgIpc) is 2.16. The number of carboxylic acids is 1. The maximum Gasteiger partial charge on any atom is 0.303 e. The fraction of sp³-hybridized carbons (Fsp3) is 0.800. The Hall–Kier alpha value is -1.10. The average molecular weight is 216 g/mol. The minimum absolute atomic E-state index is 0.0109. The summed E-state index contributed by atoms with van der Waals surface area (Å²) in [5.41, 5.74) is 5.38. The first kappa shape index (κ1) is 13.9. The Balaban J connectivity index is 3.35. The molecule has 1 atom stereocenters. The van der Waals surface area contributed by atoms with E-state index in [1.54, 1.807) is 0 Å². The van der Waals surface area contributed by atoms with Crippen LogP contribution in [0, 0.1) is 5.92 Å². The maximum atomic E-state index is 11.2. The molecule has 88 valence electrons. The van der Waals surface area contributed by atoms with Crippen molar-refractivity contribution in [3.63, 3.8) is 0 Å². The molecule has 4 N–H and O–H groups in total. The summed E-state index contributed by atoms with van der Waals surface area (Å²) < 4.78 is 0. The molecule has 0 heterocycles. The third-order valence-electron chi connectivity index (χ3n) is 2.08. The SMILES string of the molecule is CC(CN)CC(=O)NCCCCC(=O)O. The number of carbonyl (C=O) groups is 2. The van der Waals surface area contributed by atoms with Crippen LogP contribution in [0.5, 0.6) is 0 Å². The topological polar surface area (TPSA) is 92.4 Å². The van der Waals surface area contributed by atoms with Crippen molar-refractivity contribution in [2.45, 2.75) is 32.6 Å². The molecule has 0 aliphatic heterocycles. The third-order valence-corrected chi connectivity index (χ3v) is 2.08. The van der Waals surface area contributed by atoms with Gasteiger partial charge in [0, 0.05) is 19.4 Å². The van der Waals surface area contributed by atoms with Crippen LogP contribution >= 0.6 is 0 Å². The molecular weight excluding hydrogens is 196 g/mol. The maximum absolute atomic E-state index is 11.2. The van der Waals surface area contributed by atoms with E-state index in [-0.39, 0.29) is 18.2 Å². The number of hydrogen-bond donors (Lipinski definition) is 3. The van der Waals surface area contributed by atoms with E-state index in [4.69, 9.17) is 10.8 Å². The molecule has 15 heavy (non-hydrogen) atoms. The van der Waals surface area contributed by atoms with Gasteiger partial charge in [-0.3, -0.25) is 9.59 Å². The molecule has 0 radical (unpaired) electrons. The van der Waals surface area contributed by atoms with Gasteiger partial charge in [-0.25, -0.2) is 0 Å². The van der Waals surface area contributed by atoms with E-state index in [0.717, 1.165) is 0 Å². The summed E-state index contributed by atoms with van der Waals surface area (Å²) in [4.78, 5) is 21.4. The number of unbranched alkanes of at least 4 members (excludes halogenated alkanes) is 1. The third kappa shape index (κ3) is 9.21. The van der Waals surface area contributed by atoms with Crippen molar-refractivity contribution in [3.8, 4) is 0 Å². The summed E-state index contributed by atoms with van der Waals surface area (Å²) in [5, 5.41) is 11.1. The highest BCUT2D eigenvalue weighted by atomic mass is 16.4. The Morgan fingerprint density at radius 2 is 2.07 bits per heavy atom. The van der Waals surface area contributed by atoms with Crippen molar-refractivity contribution in [1.82, 2.24) is 5.32 Å². The Kier molecular flexibility index (Phi) is 7.62. The molecule has 0 saturated carbocycles. The lowest BCUT2D eigenvalue weighted by atomic mass is 10.1. The summed E-state index contributed by atoms with van der Waals surface area (Å²) >= 11 is 0. The molecule has 0 aliphatic rings. The fourth-order valence-corrected chi connectivity index (χ4v) is 1.10. The van der Waals surface area contributed by atoms with Crippen molar-refractivity contribution in [2.75, 3.05) is 13.1 Å². The van der Waals surface area contributed by atoms with Gasteiger partial charge < -0.3 is 16.2 Å². The van der Waals surface area contributed by atoms with Gasteiger partial charge in [0.15, 0.2) is 0 Å². The summed E-state index contributed by atoms with van der Waals surface area (Å²) in [6.45, 7) is 2.97. The van der Waals surface area contributed by atoms with E-state index in [2.05, 4.69) is 5.32 Å². The standard InChI is InChI=1S/C10H20N2O3/c1-8(7-11)6-9(13)12-5-3-2-4-10(14)15/h8H,2-7,11H2,1H3,(H,12,13)(H,14,15). The number of nitrogens with two attached hydrogens (primary N) is 1. The molecule has 0 saturated heterocycles. The Morgan fingerprint density at radius 3 is 2.60 bits per heavy atom. The van der Waals surface area contributed by atoms with Crippen LogP contribution in [0.15, 0.2) is 0 Å². The van der Waals surface area contributed by atoms with Gasteiger partial charge >= 0.3 is 5.97 Å². The lowest BCUT2D eigenvalue weighted by Crippen LogP contribution is -2.27. The Labute approximate surface area is 90.0 Å². The van der Waals surface area contributed by atoms with Gasteiger partial charge in [-0.1, -0.05) is 6.92 Å². The van der Waals surface area contributed by atoms with Crippen LogP contribution in [-0.4, -0.2) is 30.1 Å². The number of rotatable bonds is 8. The predicted octanol–water partition coefficient (Wildman–Crippen LogP) is 0.342. The molecule has 0 spiro atoms. The Bertz CT molecular complexity index is 207. The molecule has 0 aliphatic carbocycles. The van der Waals surface area contributed by atoms with Gasteiger partial charge in [-0.2, -0.15) is 0 Å².